The topological polar surface area (TPSA) is 44.9 Å². The molecule has 0 aliphatic rings. The minimum absolute atomic E-state index is 0.0324. The minimum atomic E-state index is 0.0324. The maximum absolute atomic E-state index is 11.9. The van der Waals surface area contributed by atoms with E-state index < -0.39 is 0 Å². The van der Waals surface area contributed by atoms with Crippen molar-refractivity contribution in [3.05, 3.63) is 70.9 Å². The van der Waals surface area contributed by atoms with Gasteiger partial charge in [0.05, 0.1) is 6.42 Å². The standard InChI is InChI=1S/C18H17ClN2O/c19-16-4-1-13(2-5-16)12-18(22)21-9-7-14-3-6-17-15(11-14)8-10-20-17/h1-6,8,10-11,20H,7,9,12H2,(H,21,22). The number of nitrogens with one attached hydrogen (secondary N) is 2. The lowest BCUT2D eigenvalue weighted by Gasteiger charge is -2.06. The van der Waals surface area contributed by atoms with Crippen LogP contribution in [0.4, 0.5) is 0 Å². The Morgan fingerprint density at radius 2 is 1.82 bits per heavy atom. The fourth-order valence-electron chi connectivity index (χ4n) is 2.45. The van der Waals surface area contributed by atoms with E-state index in [4.69, 9.17) is 11.6 Å². The molecule has 2 aromatic carbocycles. The molecule has 0 saturated heterocycles. The van der Waals surface area contributed by atoms with E-state index in [0.29, 0.717) is 18.0 Å². The number of aromatic nitrogens is 1. The number of aromatic amines is 1. The summed E-state index contributed by atoms with van der Waals surface area (Å²) in [7, 11) is 0. The molecule has 0 bridgehead atoms. The first-order chi connectivity index (χ1) is 10.7. The number of fused-ring (bicyclic) bond motifs is 1. The zero-order chi connectivity index (χ0) is 15.4. The highest BCUT2D eigenvalue weighted by atomic mass is 35.5. The molecule has 2 N–H and O–H groups in total. The summed E-state index contributed by atoms with van der Waals surface area (Å²) in [5.41, 5.74) is 3.32. The number of hydrogen-bond acceptors (Lipinski definition) is 1. The predicted molar refractivity (Wildman–Crippen MR) is 90.2 cm³/mol. The molecule has 1 aromatic heterocycles. The average molecular weight is 313 g/mol. The van der Waals surface area contributed by atoms with Crippen LogP contribution in [0.3, 0.4) is 0 Å². The SMILES string of the molecule is O=C(Cc1ccc(Cl)cc1)NCCc1ccc2[nH]ccc2c1. The third-order valence-electron chi connectivity index (χ3n) is 3.63. The summed E-state index contributed by atoms with van der Waals surface area (Å²) in [5.74, 6) is 0.0324. The number of carbonyl (C=O) groups is 1. The first kappa shape index (κ1) is 14.7. The van der Waals surface area contributed by atoms with Crippen LogP contribution in [0.25, 0.3) is 10.9 Å². The van der Waals surface area contributed by atoms with E-state index in [2.05, 4.69) is 34.6 Å². The monoisotopic (exact) mass is 312 g/mol. The maximum atomic E-state index is 11.9. The van der Waals surface area contributed by atoms with Crippen molar-refractivity contribution in [3.8, 4) is 0 Å². The summed E-state index contributed by atoms with van der Waals surface area (Å²) in [5, 5.41) is 4.84. The Bertz CT molecular complexity index is 777. The van der Waals surface area contributed by atoms with Gasteiger partial charge in [0.2, 0.25) is 5.91 Å². The largest absolute Gasteiger partial charge is 0.361 e. The molecule has 0 radical (unpaired) electrons. The zero-order valence-electron chi connectivity index (χ0n) is 12.1. The number of rotatable bonds is 5. The van der Waals surface area contributed by atoms with Crippen LogP contribution in [0.1, 0.15) is 11.1 Å². The Labute approximate surface area is 134 Å². The van der Waals surface area contributed by atoms with Crippen LogP contribution in [0.5, 0.6) is 0 Å². The van der Waals surface area contributed by atoms with Crippen molar-refractivity contribution < 1.29 is 4.79 Å². The van der Waals surface area contributed by atoms with Gasteiger partial charge in [-0.3, -0.25) is 4.79 Å². The van der Waals surface area contributed by atoms with Crippen molar-refractivity contribution in [2.24, 2.45) is 0 Å². The van der Waals surface area contributed by atoms with E-state index in [1.807, 2.05) is 18.3 Å². The molecule has 112 valence electrons. The number of halogens is 1. The highest BCUT2D eigenvalue weighted by molar-refractivity contribution is 6.30. The fraction of sp³-hybridized carbons (Fsp3) is 0.167. The molecule has 1 amide bonds. The second-order valence-corrected chi connectivity index (χ2v) is 5.74. The van der Waals surface area contributed by atoms with Gasteiger partial charge in [0.25, 0.3) is 0 Å². The molecule has 0 atom stereocenters. The highest BCUT2D eigenvalue weighted by Gasteiger charge is 2.03. The van der Waals surface area contributed by atoms with Crippen LogP contribution >= 0.6 is 11.6 Å². The van der Waals surface area contributed by atoms with Gasteiger partial charge in [-0.2, -0.15) is 0 Å². The number of carbonyl (C=O) groups excluding carboxylic acids is 1. The molecule has 3 rings (SSSR count). The van der Waals surface area contributed by atoms with Crippen LogP contribution in [-0.2, 0) is 17.6 Å². The zero-order valence-corrected chi connectivity index (χ0v) is 12.9. The van der Waals surface area contributed by atoms with Crippen LogP contribution in [0.2, 0.25) is 5.02 Å². The molecule has 4 heteroatoms. The van der Waals surface area contributed by atoms with Gasteiger partial charge < -0.3 is 10.3 Å². The number of amides is 1. The van der Waals surface area contributed by atoms with Gasteiger partial charge in [0.15, 0.2) is 0 Å². The van der Waals surface area contributed by atoms with E-state index in [-0.39, 0.29) is 5.91 Å². The molecule has 0 unspecified atom stereocenters. The smallest absolute Gasteiger partial charge is 0.224 e. The summed E-state index contributed by atoms with van der Waals surface area (Å²) in [4.78, 5) is 15.1. The number of benzene rings is 2. The molecule has 22 heavy (non-hydrogen) atoms. The van der Waals surface area contributed by atoms with Gasteiger partial charge in [-0.25, -0.2) is 0 Å². The lowest BCUT2D eigenvalue weighted by atomic mass is 10.1. The number of H-pyrrole nitrogens is 1. The third kappa shape index (κ3) is 3.68. The highest BCUT2D eigenvalue weighted by Crippen LogP contribution is 2.14. The minimum Gasteiger partial charge on any atom is -0.361 e. The fourth-order valence-corrected chi connectivity index (χ4v) is 2.58. The Kier molecular flexibility index (Phi) is 4.45. The van der Waals surface area contributed by atoms with Crippen LogP contribution in [0, 0.1) is 0 Å². The maximum Gasteiger partial charge on any atom is 0.224 e. The van der Waals surface area contributed by atoms with Gasteiger partial charge in [-0.1, -0.05) is 29.8 Å². The van der Waals surface area contributed by atoms with E-state index in [1.165, 1.54) is 10.9 Å². The van der Waals surface area contributed by atoms with Crippen molar-refractivity contribution in [1.82, 2.24) is 10.3 Å². The van der Waals surface area contributed by atoms with Crippen LogP contribution in [-0.4, -0.2) is 17.4 Å². The summed E-state index contributed by atoms with van der Waals surface area (Å²) in [6, 6.07) is 15.7. The molecule has 0 aliphatic carbocycles. The van der Waals surface area contributed by atoms with Crippen LogP contribution in [0.15, 0.2) is 54.7 Å². The van der Waals surface area contributed by atoms with Gasteiger partial charge in [-0.05, 0) is 53.3 Å². The van der Waals surface area contributed by atoms with Crippen LogP contribution < -0.4 is 5.32 Å². The quantitative estimate of drug-likeness (QED) is 0.741. The summed E-state index contributed by atoms with van der Waals surface area (Å²) in [6.07, 6.45) is 3.14. The average Bonchev–Trinajstić information content (AvgIpc) is 2.97. The van der Waals surface area contributed by atoms with E-state index >= 15 is 0 Å². The Hall–Kier alpha value is -2.26. The van der Waals surface area contributed by atoms with Gasteiger partial charge in [0, 0.05) is 23.3 Å². The molecule has 3 nitrogen and oxygen atoms in total. The number of hydrogen-bond donors (Lipinski definition) is 2. The molecule has 1 heterocycles. The Morgan fingerprint density at radius 3 is 2.64 bits per heavy atom. The van der Waals surface area contributed by atoms with Crippen molar-refractivity contribution in [3.63, 3.8) is 0 Å². The lowest BCUT2D eigenvalue weighted by Crippen LogP contribution is -2.27. The normalized spacial score (nSPS) is 10.8. The lowest BCUT2D eigenvalue weighted by molar-refractivity contribution is -0.120. The summed E-state index contributed by atoms with van der Waals surface area (Å²) < 4.78 is 0. The van der Waals surface area contributed by atoms with Crippen molar-refractivity contribution in [2.45, 2.75) is 12.8 Å². The molecule has 3 aromatic rings. The molecule has 0 fully saturated rings. The second-order valence-electron chi connectivity index (χ2n) is 5.30. The van der Waals surface area contributed by atoms with Gasteiger partial charge >= 0.3 is 0 Å². The van der Waals surface area contributed by atoms with Gasteiger partial charge in [-0.15, -0.1) is 0 Å². The van der Waals surface area contributed by atoms with Gasteiger partial charge in [0.1, 0.15) is 0 Å². The van der Waals surface area contributed by atoms with E-state index in [1.54, 1.807) is 12.1 Å². The van der Waals surface area contributed by atoms with Crippen molar-refractivity contribution in [1.29, 1.82) is 0 Å². The molecule has 0 spiro atoms. The molecule has 0 aliphatic heterocycles. The first-order valence-electron chi connectivity index (χ1n) is 7.28. The Balaban J connectivity index is 1.49. The summed E-state index contributed by atoms with van der Waals surface area (Å²) >= 11 is 5.83. The summed E-state index contributed by atoms with van der Waals surface area (Å²) in [6.45, 7) is 0.641. The van der Waals surface area contributed by atoms with Crippen molar-refractivity contribution in [2.75, 3.05) is 6.54 Å². The Morgan fingerprint density at radius 1 is 1.05 bits per heavy atom. The van der Waals surface area contributed by atoms with E-state index in [0.717, 1.165) is 17.5 Å². The molecule has 0 saturated carbocycles. The first-order valence-corrected chi connectivity index (χ1v) is 7.66. The predicted octanol–water partition coefficient (Wildman–Crippen LogP) is 3.72. The van der Waals surface area contributed by atoms with Crippen molar-refractivity contribution >= 4 is 28.4 Å². The second kappa shape index (κ2) is 6.67. The van der Waals surface area contributed by atoms with E-state index in [9.17, 15) is 4.79 Å². The third-order valence-corrected chi connectivity index (χ3v) is 3.88. The molecular weight excluding hydrogens is 296 g/mol. The molecular formula is C18H17ClN2O.